The Labute approximate surface area is 123 Å². The Morgan fingerprint density at radius 1 is 1.40 bits per heavy atom. The summed E-state index contributed by atoms with van der Waals surface area (Å²) in [6.07, 6.45) is 6.91. The smallest absolute Gasteiger partial charge is 0.327 e. The number of hydrogen-bond donors (Lipinski definition) is 2. The molecule has 5 nitrogen and oxygen atoms in total. The predicted molar refractivity (Wildman–Crippen MR) is 79.7 cm³/mol. The Kier molecular flexibility index (Phi) is 4.96. The molecule has 0 aromatic rings. The molecule has 0 spiro atoms. The van der Waals surface area contributed by atoms with Gasteiger partial charge in [-0.2, -0.15) is 0 Å². The lowest BCUT2D eigenvalue weighted by atomic mass is 10.0. The van der Waals surface area contributed by atoms with E-state index in [-0.39, 0.29) is 23.4 Å². The SMILES string of the molecule is CC(C)C1SCC(C(=O)O)N1C(=O)NC1CC=CCC1. The van der Waals surface area contributed by atoms with Gasteiger partial charge in [0.15, 0.2) is 0 Å². The van der Waals surface area contributed by atoms with Crippen molar-refractivity contribution in [2.75, 3.05) is 5.75 Å². The van der Waals surface area contributed by atoms with Crippen molar-refractivity contribution < 1.29 is 14.7 Å². The third-order valence-corrected chi connectivity index (χ3v) is 5.34. The second kappa shape index (κ2) is 6.52. The first-order valence-corrected chi connectivity index (χ1v) is 8.13. The molecule has 0 aromatic carbocycles. The summed E-state index contributed by atoms with van der Waals surface area (Å²) in [6.45, 7) is 4.04. The van der Waals surface area contributed by atoms with E-state index < -0.39 is 12.0 Å². The van der Waals surface area contributed by atoms with Crippen molar-refractivity contribution in [1.29, 1.82) is 0 Å². The average Bonchev–Trinajstić information content (AvgIpc) is 2.84. The average molecular weight is 298 g/mol. The van der Waals surface area contributed by atoms with Crippen LogP contribution in [0.4, 0.5) is 4.79 Å². The maximum atomic E-state index is 12.5. The highest BCUT2D eigenvalue weighted by atomic mass is 32.2. The lowest BCUT2D eigenvalue weighted by molar-refractivity contribution is -0.141. The second-order valence-electron chi connectivity index (χ2n) is 5.66. The number of nitrogens with one attached hydrogen (secondary N) is 1. The van der Waals surface area contributed by atoms with Crippen LogP contribution in [0.25, 0.3) is 0 Å². The number of carbonyl (C=O) groups is 2. The van der Waals surface area contributed by atoms with Crippen molar-refractivity contribution >= 4 is 23.8 Å². The van der Waals surface area contributed by atoms with Gasteiger partial charge in [-0.3, -0.25) is 4.90 Å². The van der Waals surface area contributed by atoms with Gasteiger partial charge in [0.05, 0.1) is 5.37 Å². The first kappa shape index (κ1) is 15.2. The van der Waals surface area contributed by atoms with Crippen molar-refractivity contribution in [1.82, 2.24) is 10.2 Å². The van der Waals surface area contributed by atoms with Crippen LogP contribution in [-0.2, 0) is 4.79 Å². The fraction of sp³-hybridized carbons (Fsp3) is 0.714. The van der Waals surface area contributed by atoms with Crippen LogP contribution in [0.3, 0.4) is 0 Å². The summed E-state index contributed by atoms with van der Waals surface area (Å²) in [5.41, 5.74) is 0. The van der Waals surface area contributed by atoms with E-state index in [4.69, 9.17) is 0 Å². The molecule has 112 valence electrons. The largest absolute Gasteiger partial charge is 0.480 e. The van der Waals surface area contributed by atoms with Gasteiger partial charge in [-0.05, 0) is 25.2 Å². The van der Waals surface area contributed by atoms with Gasteiger partial charge >= 0.3 is 12.0 Å². The molecule has 6 heteroatoms. The predicted octanol–water partition coefficient (Wildman–Crippen LogP) is 2.29. The Hall–Kier alpha value is -1.17. The minimum Gasteiger partial charge on any atom is -0.480 e. The number of amides is 2. The van der Waals surface area contributed by atoms with E-state index in [9.17, 15) is 14.7 Å². The summed E-state index contributed by atoms with van der Waals surface area (Å²) < 4.78 is 0. The van der Waals surface area contributed by atoms with E-state index in [1.54, 1.807) is 11.8 Å². The van der Waals surface area contributed by atoms with Crippen LogP contribution in [0.5, 0.6) is 0 Å². The number of thioether (sulfide) groups is 1. The Balaban J connectivity index is 2.06. The highest BCUT2D eigenvalue weighted by molar-refractivity contribution is 8.00. The summed E-state index contributed by atoms with van der Waals surface area (Å²) in [4.78, 5) is 25.3. The minimum absolute atomic E-state index is 0.0600. The summed E-state index contributed by atoms with van der Waals surface area (Å²) in [6, 6.07) is -0.826. The number of rotatable bonds is 3. The lowest BCUT2D eigenvalue weighted by Crippen LogP contribution is -2.53. The highest BCUT2D eigenvalue weighted by Gasteiger charge is 2.43. The summed E-state index contributed by atoms with van der Waals surface area (Å²) in [5, 5.41) is 12.2. The quantitative estimate of drug-likeness (QED) is 0.784. The third kappa shape index (κ3) is 3.29. The number of carbonyl (C=O) groups excluding carboxylic acids is 1. The zero-order chi connectivity index (χ0) is 14.7. The minimum atomic E-state index is -0.917. The molecule has 0 radical (unpaired) electrons. The van der Waals surface area contributed by atoms with Gasteiger partial charge in [-0.15, -0.1) is 11.8 Å². The van der Waals surface area contributed by atoms with Gasteiger partial charge < -0.3 is 10.4 Å². The van der Waals surface area contributed by atoms with E-state index in [1.165, 1.54) is 4.90 Å². The maximum absolute atomic E-state index is 12.5. The lowest BCUT2D eigenvalue weighted by Gasteiger charge is -2.32. The fourth-order valence-electron chi connectivity index (χ4n) is 2.66. The molecule has 20 heavy (non-hydrogen) atoms. The van der Waals surface area contributed by atoms with Crippen LogP contribution in [0, 0.1) is 5.92 Å². The van der Waals surface area contributed by atoms with Gasteiger partial charge in [0.1, 0.15) is 6.04 Å². The zero-order valence-electron chi connectivity index (χ0n) is 11.9. The molecule has 0 bridgehead atoms. The Bertz CT molecular complexity index is 411. The van der Waals surface area contributed by atoms with Gasteiger partial charge in [0.25, 0.3) is 0 Å². The van der Waals surface area contributed by atoms with Crippen LogP contribution in [0.2, 0.25) is 0 Å². The van der Waals surface area contributed by atoms with E-state index in [0.717, 1.165) is 19.3 Å². The zero-order valence-corrected chi connectivity index (χ0v) is 12.7. The molecular weight excluding hydrogens is 276 g/mol. The van der Waals surface area contributed by atoms with Crippen LogP contribution < -0.4 is 5.32 Å². The van der Waals surface area contributed by atoms with E-state index in [0.29, 0.717) is 5.75 Å². The second-order valence-corrected chi connectivity index (χ2v) is 6.81. The van der Waals surface area contributed by atoms with E-state index >= 15 is 0 Å². The van der Waals surface area contributed by atoms with Gasteiger partial charge in [-0.25, -0.2) is 9.59 Å². The molecular formula is C14H22N2O3S. The summed E-state index contributed by atoms with van der Waals surface area (Å²) in [7, 11) is 0. The molecule has 2 rings (SSSR count). The van der Waals surface area contributed by atoms with E-state index in [2.05, 4.69) is 17.5 Å². The van der Waals surface area contributed by atoms with Crippen molar-refractivity contribution in [3.8, 4) is 0 Å². The number of hydrogen-bond acceptors (Lipinski definition) is 3. The van der Waals surface area contributed by atoms with Gasteiger partial charge in [-0.1, -0.05) is 26.0 Å². The van der Waals surface area contributed by atoms with Gasteiger partial charge in [0.2, 0.25) is 0 Å². The molecule has 3 atom stereocenters. The Morgan fingerprint density at radius 2 is 2.15 bits per heavy atom. The molecule has 0 aromatic heterocycles. The van der Waals surface area contributed by atoms with Crippen molar-refractivity contribution in [3.63, 3.8) is 0 Å². The maximum Gasteiger partial charge on any atom is 0.327 e. The van der Waals surface area contributed by atoms with Crippen molar-refractivity contribution in [2.24, 2.45) is 5.92 Å². The third-order valence-electron chi connectivity index (χ3n) is 3.72. The van der Waals surface area contributed by atoms with Crippen molar-refractivity contribution in [2.45, 2.75) is 50.6 Å². The molecule has 1 aliphatic heterocycles. The van der Waals surface area contributed by atoms with Crippen LogP contribution >= 0.6 is 11.8 Å². The van der Waals surface area contributed by atoms with Crippen LogP contribution in [-0.4, -0.2) is 45.2 Å². The van der Waals surface area contributed by atoms with Gasteiger partial charge in [0, 0.05) is 11.8 Å². The number of aliphatic carboxylic acids is 1. The standard InChI is InChI=1S/C14H22N2O3S/c1-9(2)12-16(11(8-20-12)13(17)18)14(19)15-10-6-4-3-5-7-10/h3-4,9-12H,5-8H2,1-2H3,(H,15,19)(H,17,18). The number of urea groups is 1. The molecule has 0 saturated carbocycles. The first-order chi connectivity index (χ1) is 9.50. The fourth-order valence-corrected chi connectivity index (χ4v) is 4.13. The van der Waals surface area contributed by atoms with Crippen LogP contribution in [0.15, 0.2) is 12.2 Å². The normalized spacial score (nSPS) is 29.8. The first-order valence-electron chi connectivity index (χ1n) is 7.09. The van der Waals surface area contributed by atoms with Crippen molar-refractivity contribution in [3.05, 3.63) is 12.2 Å². The molecule has 2 amide bonds. The monoisotopic (exact) mass is 298 g/mol. The van der Waals surface area contributed by atoms with E-state index in [1.807, 2.05) is 13.8 Å². The molecule has 2 N–H and O–H groups in total. The molecule has 1 aliphatic carbocycles. The summed E-state index contributed by atoms with van der Waals surface area (Å²) >= 11 is 1.56. The number of carboxylic acid groups (broad SMARTS) is 1. The molecule has 1 saturated heterocycles. The number of allylic oxidation sites excluding steroid dienone is 1. The molecule has 1 fully saturated rings. The van der Waals surface area contributed by atoms with Crippen LogP contribution in [0.1, 0.15) is 33.1 Å². The molecule has 2 aliphatic rings. The highest BCUT2D eigenvalue weighted by Crippen LogP contribution is 2.34. The topological polar surface area (TPSA) is 69.6 Å². The molecule has 3 unspecified atom stereocenters. The molecule has 1 heterocycles. The number of nitrogens with zero attached hydrogens (tertiary/aromatic N) is 1. The Morgan fingerprint density at radius 3 is 2.70 bits per heavy atom. The number of carboxylic acids is 1. The summed E-state index contributed by atoms with van der Waals surface area (Å²) in [5.74, 6) is -0.211.